The van der Waals surface area contributed by atoms with Crippen LogP contribution < -0.4 is 5.32 Å². The van der Waals surface area contributed by atoms with Gasteiger partial charge in [0, 0.05) is 12.1 Å². The summed E-state index contributed by atoms with van der Waals surface area (Å²) in [4.78, 5) is 10.3. The second kappa shape index (κ2) is 5.58. The van der Waals surface area contributed by atoms with Crippen molar-refractivity contribution in [3.63, 3.8) is 0 Å². The summed E-state index contributed by atoms with van der Waals surface area (Å²) < 4.78 is 27.3. The van der Waals surface area contributed by atoms with Crippen molar-refractivity contribution in [2.24, 2.45) is 11.8 Å². The molecule has 1 aromatic rings. The minimum Gasteiger partial charge on any atom is -0.374 e. The van der Waals surface area contributed by atoms with Gasteiger partial charge in [0.2, 0.25) is 0 Å². The van der Waals surface area contributed by atoms with Gasteiger partial charge in [-0.25, -0.2) is 8.78 Å². The third kappa shape index (κ3) is 2.99. The predicted molar refractivity (Wildman–Crippen MR) is 75.1 cm³/mol. The highest BCUT2D eigenvalue weighted by Gasteiger charge is 2.35. The Morgan fingerprint density at radius 2 is 1.90 bits per heavy atom. The fourth-order valence-electron chi connectivity index (χ4n) is 3.39. The smallest absolute Gasteiger partial charge is 0.295 e. The summed E-state index contributed by atoms with van der Waals surface area (Å²) in [6.07, 6.45) is 6.45. The summed E-state index contributed by atoms with van der Waals surface area (Å²) in [5.41, 5.74) is -0.705. The zero-order chi connectivity index (χ0) is 15.0. The van der Waals surface area contributed by atoms with Crippen LogP contribution in [0.5, 0.6) is 0 Å². The lowest BCUT2D eigenvalue weighted by Gasteiger charge is -2.30. The maximum Gasteiger partial charge on any atom is 0.295 e. The van der Waals surface area contributed by atoms with Crippen molar-refractivity contribution >= 4 is 11.4 Å². The average molecular weight is 296 g/mol. The van der Waals surface area contributed by atoms with Crippen molar-refractivity contribution in [2.75, 3.05) is 5.32 Å². The highest BCUT2D eigenvalue weighted by atomic mass is 19.2. The molecule has 21 heavy (non-hydrogen) atoms. The molecule has 0 amide bonds. The molecular formula is C15H18F2N2O2. The summed E-state index contributed by atoms with van der Waals surface area (Å²) in [5.74, 6) is -0.829. The van der Waals surface area contributed by atoms with Crippen LogP contribution in [0.25, 0.3) is 0 Å². The Morgan fingerprint density at radius 1 is 1.14 bits per heavy atom. The zero-order valence-corrected chi connectivity index (χ0v) is 11.6. The molecule has 2 fully saturated rings. The number of anilines is 1. The fourth-order valence-corrected chi connectivity index (χ4v) is 3.39. The number of benzene rings is 1. The quantitative estimate of drug-likeness (QED) is 0.667. The first kappa shape index (κ1) is 14.2. The van der Waals surface area contributed by atoms with Crippen LogP contribution in [-0.4, -0.2) is 11.0 Å². The summed E-state index contributed by atoms with van der Waals surface area (Å²) in [6, 6.07) is 1.80. The number of nitrogens with one attached hydrogen (secondary N) is 1. The van der Waals surface area contributed by atoms with Crippen LogP contribution in [-0.2, 0) is 0 Å². The largest absolute Gasteiger partial charge is 0.374 e. The monoisotopic (exact) mass is 296 g/mol. The van der Waals surface area contributed by atoms with Gasteiger partial charge in [-0.05, 0) is 43.6 Å². The normalized spacial score (nSPS) is 25.6. The highest BCUT2D eigenvalue weighted by molar-refractivity contribution is 5.63. The van der Waals surface area contributed by atoms with E-state index in [-0.39, 0.29) is 11.7 Å². The number of halogens is 2. The molecule has 0 heterocycles. The van der Waals surface area contributed by atoms with Gasteiger partial charge in [-0.1, -0.05) is 12.8 Å². The van der Waals surface area contributed by atoms with Gasteiger partial charge in [-0.2, -0.15) is 0 Å². The fraction of sp³-hybridized carbons (Fsp3) is 0.600. The molecule has 2 atom stereocenters. The number of hydrogen-bond donors (Lipinski definition) is 1. The topological polar surface area (TPSA) is 55.2 Å². The number of nitrogens with zero attached hydrogens (tertiary/aromatic N) is 1. The summed E-state index contributed by atoms with van der Waals surface area (Å²) in [5, 5.41) is 13.9. The molecule has 114 valence electrons. The molecule has 0 spiro atoms. The molecule has 2 saturated carbocycles. The molecule has 2 unspecified atom stereocenters. The first-order chi connectivity index (χ1) is 10.1. The van der Waals surface area contributed by atoms with Crippen LogP contribution in [0.2, 0.25) is 0 Å². The standard InChI is InChI=1S/C15H18F2N2O2/c16-12-6-7-13(19(20)21)15(14(12)17)18-11-3-1-2-10(8-11)9-4-5-9/h6-7,9-11,18H,1-5,8H2. The van der Waals surface area contributed by atoms with E-state index in [1.807, 2.05) is 0 Å². The van der Waals surface area contributed by atoms with E-state index in [2.05, 4.69) is 5.32 Å². The average Bonchev–Trinajstić information content (AvgIpc) is 3.28. The van der Waals surface area contributed by atoms with Crippen LogP contribution in [0.3, 0.4) is 0 Å². The number of hydrogen-bond acceptors (Lipinski definition) is 3. The second-order valence-corrected chi connectivity index (χ2v) is 6.12. The van der Waals surface area contributed by atoms with Crippen LogP contribution in [0.1, 0.15) is 38.5 Å². The zero-order valence-electron chi connectivity index (χ0n) is 11.6. The Labute approximate surface area is 121 Å². The molecule has 0 bridgehead atoms. The van der Waals surface area contributed by atoms with Gasteiger partial charge in [-0.3, -0.25) is 10.1 Å². The molecule has 6 heteroatoms. The molecule has 0 aromatic heterocycles. The molecule has 3 rings (SSSR count). The minimum absolute atomic E-state index is 0.0145. The van der Waals surface area contributed by atoms with E-state index >= 15 is 0 Å². The van der Waals surface area contributed by atoms with E-state index in [4.69, 9.17) is 0 Å². The van der Waals surface area contributed by atoms with E-state index in [9.17, 15) is 18.9 Å². The molecule has 2 aliphatic carbocycles. The lowest BCUT2D eigenvalue weighted by molar-refractivity contribution is -0.384. The van der Waals surface area contributed by atoms with Crippen molar-refractivity contribution in [3.8, 4) is 0 Å². The Bertz CT molecular complexity index is 561. The van der Waals surface area contributed by atoms with Gasteiger partial charge in [0.15, 0.2) is 17.3 Å². The summed E-state index contributed by atoms with van der Waals surface area (Å²) in [7, 11) is 0. The molecule has 1 N–H and O–H groups in total. The van der Waals surface area contributed by atoms with E-state index in [0.717, 1.165) is 37.3 Å². The first-order valence-corrected chi connectivity index (χ1v) is 7.45. The van der Waals surface area contributed by atoms with Gasteiger partial charge in [0.05, 0.1) is 4.92 Å². The molecule has 0 saturated heterocycles. The van der Waals surface area contributed by atoms with Crippen molar-refractivity contribution in [3.05, 3.63) is 33.9 Å². The molecule has 1 aromatic carbocycles. The van der Waals surface area contributed by atoms with E-state index in [1.165, 1.54) is 19.3 Å². The van der Waals surface area contributed by atoms with Crippen LogP contribution >= 0.6 is 0 Å². The van der Waals surface area contributed by atoms with Crippen molar-refractivity contribution in [1.82, 2.24) is 0 Å². The van der Waals surface area contributed by atoms with Crippen molar-refractivity contribution < 1.29 is 13.7 Å². The van der Waals surface area contributed by atoms with E-state index < -0.39 is 22.2 Å². The second-order valence-electron chi connectivity index (χ2n) is 6.12. The lowest BCUT2D eigenvalue weighted by atomic mass is 9.82. The Morgan fingerprint density at radius 3 is 2.57 bits per heavy atom. The molecule has 0 radical (unpaired) electrons. The third-order valence-electron chi connectivity index (χ3n) is 4.62. The lowest BCUT2D eigenvalue weighted by Crippen LogP contribution is -2.29. The SMILES string of the molecule is O=[N+]([O-])c1ccc(F)c(F)c1NC1CCCC(C2CC2)C1. The van der Waals surface area contributed by atoms with Crippen LogP contribution in [0.4, 0.5) is 20.2 Å². The highest BCUT2D eigenvalue weighted by Crippen LogP contribution is 2.44. The Kier molecular flexibility index (Phi) is 3.78. The summed E-state index contributed by atoms with van der Waals surface area (Å²) >= 11 is 0. The van der Waals surface area contributed by atoms with Gasteiger partial charge in [0.25, 0.3) is 5.69 Å². The Balaban J connectivity index is 1.80. The molecule has 4 nitrogen and oxygen atoms in total. The molecule has 0 aliphatic heterocycles. The van der Waals surface area contributed by atoms with Crippen molar-refractivity contribution in [2.45, 2.75) is 44.6 Å². The van der Waals surface area contributed by atoms with Gasteiger partial charge in [0.1, 0.15) is 0 Å². The van der Waals surface area contributed by atoms with Gasteiger partial charge in [-0.15, -0.1) is 0 Å². The third-order valence-corrected chi connectivity index (χ3v) is 4.62. The summed E-state index contributed by atoms with van der Waals surface area (Å²) in [6.45, 7) is 0. The number of nitro groups is 1. The maximum absolute atomic E-state index is 13.9. The van der Waals surface area contributed by atoms with Gasteiger partial charge >= 0.3 is 0 Å². The van der Waals surface area contributed by atoms with Gasteiger partial charge < -0.3 is 5.32 Å². The van der Waals surface area contributed by atoms with E-state index in [1.54, 1.807) is 0 Å². The van der Waals surface area contributed by atoms with Crippen LogP contribution in [0, 0.1) is 33.6 Å². The Hall–Kier alpha value is -1.72. The molecular weight excluding hydrogens is 278 g/mol. The number of nitro benzene ring substituents is 1. The number of rotatable bonds is 4. The predicted octanol–water partition coefficient (Wildman–Crippen LogP) is 4.25. The maximum atomic E-state index is 13.9. The van der Waals surface area contributed by atoms with E-state index in [0.29, 0.717) is 5.92 Å². The first-order valence-electron chi connectivity index (χ1n) is 7.45. The minimum atomic E-state index is -1.15. The van der Waals surface area contributed by atoms with Crippen LogP contribution in [0.15, 0.2) is 12.1 Å². The molecule has 2 aliphatic rings. The van der Waals surface area contributed by atoms with Crippen molar-refractivity contribution in [1.29, 1.82) is 0 Å².